The van der Waals surface area contributed by atoms with Gasteiger partial charge < -0.3 is 5.32 Å². The van der Waals surface area contributed by atoms with Crippen LogP contribution >= 0.6 is 11.6 Å². The summed E-state index contributed by atoms with van der Waals surface area (Å²) >= 11 is 5.91. The van der Waals surface area contributed by atoms with Crippen LogP contribution in [-0.2, 0) is 0 Å². The van der Waals surface area contributed by atoms with Gasteiger partial charge in [0, 0.05) is 10.7 Å². The molecule has 0 saturated carbocycles. The molecule has 0 aromatic heterocycles. The van der Waals surface area contributed by atoms with E-state index in [-0.39, 0.29) is 5.56 Å². The Morgan fingerprint density at radius 1 is 1.16 bits per heavy atom. The van der Waals surface area contributed by atoms with E-state index in [1.807, 2.05) is 6.92 Å². The molecule has 0 aliphatic carbocycles. The van der Waals surface area contributed by atoms with Crippen molar-refractivity contribution >= 4 is 23.2 Å². The Bertz CT molecular complexity index is 643. The summed E-state index contributed by atoms with van der Waals surface area (Å²) in [7, 11) is 0. The van der Waals surface area contributed by atoms with Gasteiger partial charge in [-0.05, 0) is 42.8 Å². The standard InChI is InChI=1S/C14H10ClF2NO/c1-8-2-4-10(7-12(8)15)18-14(19)11-6-9(16)3-5-13(11)17/h2-7H,1H3,(H,18,19). The Hall–Kier alpha value is -1.94. The maximum Gasteiger partial charge on any atom is 0.258 e. The zero-order valence-corrected chi connectivity index (χ0v) is 10.8. The molecule has 0 saturated heterocycles. The predicted molar refractivity (Wildman–Crippen MR) is 70.5 cm³/mol. The second-order valence-corrected chi connectivity index (χ2v) is 4.45. The number of carbonyl (C=O) groups excluding carboxylic acids is 1. The monoisotopic (exact) mass is 281 g/mol. The van der Waals surface area contributed by atoms with Crippen molar-refractivity contribution in [3.63, 3.8) is 0 Å². The fraction of sp³-hybridized carbons (Fsp3) is 0.0714. The molecular formula is C14H10ClF2NO. The first-order chi connectivity index (χ1) is 8.97. The third kappa shape index (κ3) is 3.09. The van der Waals surface area contributed by atoms with E-state index >= 15 is 0 Å². The highest BCUT2D eigenvalue weighted by Crippen LogP contribution is 2.21. The third-order valence-electron chi connectivity index (χ3n) is 2.60. The molecule has 19 heavy (non-hydrogen) atoms. The highest BCUT2D eigenvalue weighted by Gasteiger charge is 2.13. The number of carbonyl (C=O) groups is 1. The van der Waals surface area contributed by atoms with Crippen molar-refractivity contribution in [3.8, 4) is 0 Å². The number of anilines is 1. The highest BCUT2D eigenvalue weighted by atomic mass is 35.5. The SMILES string of the molecule is Cc1ccc(NC(=O)c2cc(F)ccc2F)cc1Cl. The Labute approximate surface area is 114 Å². The lowest BCUT2D eigenvalue weighted by molar-refractivity contribution is 0.102. The van der Waals surface area contributed by atoms with Gasteiger partial charge in [-0.25, -0.2) is 8.78 Å². The Balaban J connectivity index is 2.25. The predicted octanol–water partition coefficient (Wildman–Crippen LogP) is 4.18. The second kappa shape index (κ2) is 5.36. The zero-order chi connectivity index (χ0) is 14.0. The van der Waals surface area contributed by atoms with E-state index in [2.05, 4.69) is 5.32 Å². The van der Waals surface area contributed by atoms with Crippen LogP contribution in [0.15, 0.2) is 36.4 Å². The number of rotatable bonds is 2. The molecule has 0 heterocycles. The van der Waals surface area contributed by atoms with Crippen LogP contribution in [0, 0.1) is 18.6 Å². The minimum Gasteiger partial charge on any atom is -0.322 e. The maximum atomic E-state index is 13.4. The lowest BCUT2D eigenvalue weighted by atomic mass is 10.1. The van der Waals surface area contributed by atoms with Gasteiger partial charge in [-0.2, -0.15) is 0 Å². The fourth-order valence-corrected chi connectivity index (χ4v) is 1.72. The van der Waals surface area contributed by atoms with Crippen LogP contribution in [0.2, 0.25) is 5.02 Å². The molecule has 98 valence electrons. The minimum atomic E-state index is -0.780. The molecule has 0 aliphatic heterocycles. The largest absolute Gasteiger partial charge is 0.322 e. The van der Waals surface area contributed by atoms with Crippen LogP contribution in [-0.4, -0.2) is 5.91 Å². The second-order valence-electron chi connectivity index (χ2n) is 4.04. The van der Waals surface area contributed by atoms with E-state index in [0.717, 1.165) is 23.8 Å². The molecule has 0 unspecified atom stereocenters. The van der Waals surface area contributed by atoms with Crippen molar-refractivity contribution in [2.24, 2.45) is 0 Å². The number of nitrogens with one attached hydrogen (secondary N) is 1. The first-order valence-corrected chi connectivity index (χ1v) is 5.88. The quantitative estimate of drug-likeness (QED) is 0.879. The van der Waals surface area contributed by atoms with Gasteiger partial charge in [0.2, 0.25) is 0 Å². The van der Waals surface area contributed by atoms with Gasteiger partial charge in [0.15, 0.2) is 0 Å². The van der Waals surface area contributed by atoms with Crippen LogP contribution in [0.5, 0.6) is 0 Å². The smallest absolute Gasteiger partial charge is 0.258 e. The van der Waals surface area contributed by atoms with Gasteiger partial charge in [-0.3, -0.25) is 4.79 Å². The first kappa shape index (κ1) is 13.5. The van der Waals surface area contributed by atoms with E-state index in [9.17, 15) is 13.6 Å². The van der Waals surface area contributed by atoms with Gasteiger partial charge in [0.05, 0.1) is 5.56 Å². The van der Waals surface area contributed by atoms with Crippen molar-refractivity contribution in [2.45, 2.75) is 6.92 Å². The fourth-order valence-electron chi connectivity index (χ4n) is 1.54. The van der Waals surface area contributed by atoms with Gasteiger partial charge in [-0.1, -0.05) is 17.7 Å². The average molecular weight is 282 g/mol. The number of hydrogen-bond donors (Lipinski definition) is 1. The number of hydrogen-bond acceptors (Lipinski definition) is 1. The van der Waals surface area contributed by atoms with Crippen molar-refractivity contribution < 1.29 is 13.6 Å². The van der Waals surface area contributed by atoms with Crippen LogP contribution in [0.3, 0.4) is 0 Å². The molecule has 0 radical (unpaired) electrons. The van der Waals surface area contributed by atoms with Crippen molar-refractivity contribution in [3.05, 3.63) is 64.2 Å². The summed E-state index contributed by atoms with van der Waals surface area (Å²) in [6.45, 7) is 1.82. The van der Waals surface area contributed by atoms with Gasteiger partial charge in [-0.15, -0.1) is 0 Å². The van der Waals surface area contributed by atoms with Crippen LogP contribution in [0.1, 0.15) is 15.9 Å². The molecule has 0 bridgehead atoms. The molecule has 2 nitrogen and oxygen atoms in total. The maximum absolute atomic E-state index is 13.4. The van der Waals surface area contributed by atoms with Crippen LogP contribution in [0.25, 0.3) is 0 Å². The summed E-state index contributed by atoms with van der Waals surface area (Å²) in [5.74, 6) is -2.18. The summed E-state index contributed by atoms with van der Waals surface area (Å²) in [6, 6.07) is 7.61. The number of benzene rings is 2. The Morgan fingerprint density at radius 3 is 2.58 bits per heavy atom. The Kier molecular flexibility index (Phi) is 3.81. The molecule has 2 rings (SSSR count). The van der Waals surface area contributed by atoms with Crippen molar-refractivity contribution in [1.29, 1.82) is 0 Å². The van der Waals surface area contributed by atoms with Gasteiger partial charge in [0.25, 0.3) is 5.91 Å². The lowest BCUT2D eigenvalue weighted by Crippen LogP contribution is -2.14. The molecule has 0 atom stereocenters. The molecule has 1 amide bonds. The molecule has 0 spiro atoms. The van der Waals surface area contributed by atoms with Gasteiger partial charge in [0.1, 0.15) is 11.6 Å². The number of amides is 1. The molecule has 1 N–H and O–H groups in total. The van der Waals surface area contributed by atoms with Crippen LogP contribution < -0.4 is 5.32 Å². The minimum absolute atomic E-state index is 0.350. The molecule has 2 aromatic carbocycles. The summed E-state index contributed by atoms with van der Waals surface area (Å²) in [4.78, 5) is 11.8. The molecule has 0 fully saturated rings. The van der Waals surface area contributed by atoms with E-state index < -0.39 is 17.5 Å². The summed E-state index contributed by atoms with van der Waals surface area (Å²) < 4.78 is 26.4. The molecule has 0 aliphatic rings. The normalized spacial score (nSPS) is 10.3. The van der Waals surface area contributed by atoms with E-state index in [1.54, 1.807) is 18.2 Å². The summed E-state index contributed by atoms with van der Waals surface area (Å²) in [5, 5.41) is 2.95. The topological polar surface area (TPSA) is 29.1 Å². The third-order valence-corrected chi connectivity index (χ3v) is 3.01. The van der Waals surface area contributed by atoms with Crippen molar-refractivity contribution in [2.75, 3.05) is 5.32 Å². The number of aryl methyl sites for hydroxylation is 1. The molecular weight excluding hydrogens is 272 g/mol. The van der Waals surface area contributed by atoms with Gasteiger partial charge >= 0.3 is 0 Å². The number of halogens is 3. The highest BCUT2D eigenvalue weighted by molar-refractivity contribution is 6.31. The van der Waals surface area contributed by atoms with E-state index in [4.69, 9.17) is 11.6 Å². The average Bonchev–Trinajstić information content (AvgIpc) is 2.36. The van der Waals surface area contributed by atoms with E-state index in [1.165, 1.54) is 0 Å². The first-order valence-electron chi connectivity index (χ1n) is 5.50. The van der Waals surface area contributed by atoms with Crippen molar-refractivity contribution in [1.82, 2.24) is 0 Å². The lowest BCUT2D eigenvalue weighted by Gasteiger charge is -2.07. The summed E-state index contributed by atoms with van der Waals surface area (Å²) in [6.07, 6.45) is 0. The van der Waals surface area contributed by atoms with Crippen LogP contribution in [0.4, 0.5) is 14.5 Å². The Morgan fingerprint density at radius 2 is 1.89 bits per heavy atom. The zero-order valence-electron chi connectivity index (χ0n) is 10.0. The van der Waals surface area contributed by atoms with E-state index in [0.29, 0.717) is 10.7 Å². The molecule has 5 heteroatoms. The summed E-state index contributed by atoms with van der Waals surface area (Å²) in [5.41, 5.74) is 0.928. The molecule has 2 aromatic rings.